The summed E-state index contributed by atoms with van der Waals surface area (Å²) in [5.74, 6) is 0.136. The van der Waals surface area contributed by atoms with Crippen LogP contribution in [0.2, 0.25) is 0 Å². The third-order valence-corrected chi connectivity index (χ3v) is 7.69. The number of amides is 1. The third kappa shape index (κ3) is 4.99. The van der Waals surface area contributed by atoms with E-state index in [0.717, 1.165) is 22.6 Å². The first kappa shape index (κ1) is 24.6. The van der Waals surface area contributed by atoms with Crippen LogP contribution in [0.4, 0.5) is 0 Å². The van der Waals surface area contributed by atoms with E-state index in [0.29, 0.717) is 15.8 Å². The van der Waals surface area contributed by atoms with Gasteiger partial charge in [-0.3, -0.25) is 9.59 Å². The number of primary sulfonamides is 1. The number of sulfonamides is 1. The average Bonchev–Trinajstić information content (AvgIpc) is 3.35. The van der Waals surface area contributed by atoms with Crippen molar-refractivity contribution < 1.29 is 17.9 Å². The number of H-pyrrole nitrogens is 1. The molecule has 0 aromatic carbocycles. The molecule has 0 bridgehead atoms. The van der Waals surface area contributed by atoms with E-state index in [-0.39, 0.29) is 44.6 Å². The van der Waals surface area contributed by atoms with Gasteiger partial charge >= 0.3 is 0 Å². The Morgan fingerprint density at radius 2 is 1.94 bits per heavy atom. The molecule has 10 nitrogen and oxygen atoms in total. The zero-order valence-corrected chi connectivity index (χ0v) is 21.4. The molecule has 4 heterocycles. The first-order chi connectivity index (χ1) is 16.3. The van der Waals surface area contributed by atoms with Crippen LogP contribution in [0, 0.1) is 13.8 Å². The molecule has 0 aliphatic rings. The second-order valence-corrected chi connectivity index (χ2v) is 11.4. The number of carbonyl (C=O) groups excluding carboxylic acids is 1. The molecule has 0 atom stereocenters. The highest BCUT2D eigenvalue weighted by Crippen LogP contribution is 2.44. The number of hydrogen-bond donors (Lipinski definition) is 3. The summed E-state index contributed by atoms with van der Waals surface area (Å²) in [4.78, 5) is 33.1. The van der Waals surface area contributed by atoms with Gasteiger partial charge in [-0.2, -0.15) is 0 Å². The number of aryl methyl sites for hydroxylation is 3. The Balaban J connectivity index is 1.95. The largest absolute Gasteiger partial charge is 0.437 e. The molecule has 4 aromatic heterocycles. The lowest BCUT2D eigenvalue weighted by atomic mass is 10.1. The Bertz CT molecular complexity index is 1610. The molecule has 0 radical (unpaired) electrons. The highest BCUT2D eigenvalue weighted by atomic mass is 32.2. The van der Waals surface area contributed by atoms with Crippen LogP contribution in [0.3, 0.4) is 0 Å². The smallest absolute Gasteiger partial charge is 0.274 e. The predicted octanol–water partition coefficient (Wildman–Crippen LogP) is 3.18. The molecule has 0 saturated heterocycles. The number of nitrogens with zero attached hydrogens (tertiary/aromatic N) is 2. The van der Waals surface area contributed by atoms with Crippen LogP contribution >= 0.6 is 11.3 Å². The molecule has 4 rings (SSSR count). The number of aromatic amines is 1. The van der Waals surface area contributed by atoms with Gasteiger partial charge in [0, 0.05) is 48.1 Å². The van der Waals surface area contributed by atoms with Gasteiger partial charge in [-0.15, -0.1) is 11.3 Å². The highest BCUT2D eigenvalue weighted by Gasteiger charge is 2.24. The van der Waals surface area contributed by atoms with Crippen molar-refractivity contribution in [3.05, 3.63) is 57.8 Å². The van der Waals surface area contributed by atoms with Crippen LogP contribution in [0.25, 0.3) is 21.3 Å². The summed E-state index contributed by atoms with van der Waals surface area (Å²) in [7, 11) is -2.47. The molecule has 184 valence electrons. The first-order valence-corrected chi connectivity index (χ1v) is 13.0. The van der Waals surface area contributed by atoms with Crippen molar-refractivity contribution in [3.63, 3.8) is 0 Å². The molecule has 4 N–H and O–H groups in total. The highest BCUT2D eigenvalue weighted by molar-refractivity contribution is 7.91. The molecule has 12 heteroatoms. The van der Waals surface area contributed by atoms with Gasteiger partial charge in [0.25, 0.3) is 11.5 Å². The normalized spacial score (nSPS) is 11.9. The Kier molecular flexibility index (Phi) is 6.30. The number of rotatable bonds is 6. The lowest BCUT2D eigenvalue weighted by molar-refractivity contribution is 0.0939. The van der Waals surface area contributed by atoms with Crippen molar-refractivity contribution in [3.8, 4) is 22.1 Å². The maximum absolute atomic E-state index is 12.8. The quantitative estimate of drug-likeness (QED) is 0.359. The van der Waals surface area contributed by atoms with Gasteiger partial charge in [-0.05, 0) is 45.4 Å². The standard InChI is InChI=1S/C23H25N5O5S2/c1-11(2)25-22(29)16-8-14-15(10-28(5)23(30)20(14)27-16)21-17(9-19(34-21)35(24,31)32)33-18-7-12(3)6-13(4)26-18/h6-11,27H,1-5H3,(H,25,29)(H2,24,31,32). The summed E-state index contributed by atoms with van der Waals surface area (Å²) in [6.45, 7) is 7.38. The van der Waals surface area contributed by atoms with E-state index in [1.54, 1.807) is 25.4 Å². The molecule has 1 amide bonds. The van der Waals surface area contributed by atoms with E-state index in [1.807, 2.05) is 33.8 Å². The van der Waals surface area contributed by atoms with E-state index < -0.39 is 10.0 Å². The Morgan fingerprint density at radius 1 is 1.23 bits per heavy atom. The van der Waals surface area contributed by atoms with E-state index in [4.69, 9.17) is 9.88 Å². The minimum absolute atomic E-state index is 0.101. The number of nitrogens with two attached hydrogens (primary N) is 1. The molecular formula is C23H25N5O5S2. The van der Waals surface area contributed by atoms with Crippen LogP contribution in [0.1, 0.15) is 35.6 Å². The van der Waals surface area contributed by atoms with Gasteiger partial charge in [0.05, 0.1) is 4.88 Å². The maximum Gasteiger partial charge on any atom is 0.274 e. The molecule has 0 fully saturated rings. The minimum Gasteiger partial charge on any atom is -0.437 e. The Hall–Kier alpha value is -3.48. The minimum atomic E-state index is -4.04. The number of pyridine rings is 2. The Labute approximate surface area is 205 Å². The summed E-state index contributed by atoms with van der Waals surface area (Å²) < 4.78 is 31.6. The maximum atomic E-state index is 12.8. The van der Waals surface area contributed by atoms with Crippen molar-refractivity contribution in [2.45, 2.75) is 37.9 Å². The average molecular weight is 516 g/mol. The van der Waals surface area contributed by atoms with Crippen molar-refractivity contribution in [2.75, 3.05) is 0 Å². The lowest BCUT2D eigenvalue weighted by Crippen LogP contribution is -2.30. The zero-order chi connectivity index (χ0) is 25.7. The molecule has 35 heavy (non-hydrogen) atoms. The van der Waals surface area contributed by atoms with Crippen molar-refractivity contribution >= 4 is 38.2 Å². The molecule has 0 aliphatic heterocycles. The molecule has 0 saturated carbocycles. The van der Waals surface area contributed by atoms with Crippen LogP contribution in [0.5, 0.6) is 11.6 Å². The fourth-order valence-electron chi connectivity index (χ4n) is 3.70. The molecular weight excluding hydrogens is 490 g/mol. The second-order valence-electron chi connectivity index (χ2n) is 8.59. The van der Waals surface area contributed by atoms with Gasteiger partial charge in [0.2, 0.25) is 15.9 Å². The third-order valence-electron chi connectivity index (χ3n) is 5.12. The van der Waals surface area contributed by atoms with Gasteiger partial charge in [-0.1, -0.05) is 0 Å². The summed E-state index contributed by atoms with van der Waals surface area (Å²) in [5.41, 5.74) is 2.24. The predicted molar refractivity (Wildman–Crippen MR) is 135 cm³/mol. The van der Waals surface area contributed by atoms with E-state index in [9.17, 15) is 18.0 Å². The molecule has 0 unspecified atom stereocenters. The van der Waals surface area contributed by atoms with E-state index in [2.05, 4.69) is 15.3 Å². The van der Waals surface area contributed by atoms with Crippen LogP contribution in [-0.2, 0) is 17.1 Å². The number of nitrogens with one attached hydrogen (secondary N) is 2. The summed E-state index contributed by atoms with van der Waals surface area (Å²) in [5, 5.41) is 8.65. The summed E-state index contributed by atoms with van der Waals surface area (Å²) >= 11 is 0.909. The van der Waals surface area contributed by atoms with Crippen molar-refractivity contribution in [1.29, 1.82) is 0 Å². The summed E-state index contributed by atoms with van der Waals surface area (Å²) in [6, 6.07) is 6.42. The zero-order valence-electron chi connectivity index (χ0n) is 19.8. The SMILES string of the molecule is Cc1cc(C)nc(Oc2cc(S(N)(=O)=O)sc2-c2cn(C)c(=O)c3[nH]c(C(=O)NC(C)C)cc23)c1. The van der Waals surface area contributed by atoms with Crippen molar-refractivity contribution in [2.24, 2.45) is 12.2 Å². The fourth-order valence-corrected chi connectivity index (χ4v) is 5.53. The number of aromatic nitrogens is 3. The van der Waals surface area contributed by atoms with Gasteiger partial charge in [0.1, 0.15) is 21.2 Å². The van der Waals surface area contributed by atoms with Gasteiger partial charge in [0.15, 0.2) is 0 Å². The first-order valence-electron chi connectivity index (χ1n) is 10.7. The van der Waals surface area contributed by atoms with Gasteiger partial charge < -0.3 is 19.6 Å². The summed E-state index contributed by atoms with van der Waals surface area (Å²) in [6.07, 6.45) is 1.57. The fraction of sp³-hybridized carbons (Fsp3) is 0.261. The van der Waals surface area contributed by atoms with E-state index >= 15 is 0 Å². The second kappa shape index (κ2) is 8.95. The number of thiophene rings is 1. The number of hydrogen-bond acceptors (Lipinski definition) is 7. The van der Waals surface area contributed by atoms with Gasteiger partial charge in [-0.25, -0.2) is 18.5 Å². The topological polar surface area (TPSA) is 149 Å². The van der Waals surface area contributed by atoms with Crippen LogP contribution in [0.15, 0.2) is 39.5 Å². The van der Waals surface area contributed by atoms with Crippen LogP contribution < -0.4 is 20.8 Å². The molecule has 0 aliphatic carbocycles. The Morgan fingerprint density at radius 3 is 2.57 bits per heavy atom. The number of ether oxygens (including phenoxy) is 1. The van der Waals surface area contributed by atoms with Crippen molar-refractivity contribution in [1.82, 2.24) is 19.9 Å². The number of fused-ring (bicyclic) bond motifs is 1. The lowest BCUT2D eigenvalue weighted by Gasteiger charge is -2.09. The van der Waals surface area contributed by atoms with E-state index in [1.165, 1.54) is 10.6 Å². The molecule has 0 spiro atoms. The monoisotopic (exact) mass is 515 g/mol. The van der Waals surface area contributed by atoms with Crippen LogP contribution in [-0.4, -0.2) is 34.9 Å². The number of carbonyl (C=O) groups is 1. The molecule has 4 aromatic rings.